The van der Waals surface area contributed by atoms with Crippen LogP contribution in [0.3, 0.4) is 0 Å². The van der Waals surface area contributed by atoms with Gasteiger partial charge in [-0.2, -0.15) is 0 Å². The molecule has 25 heavy (non-hydrogen) atoms. The van der Waals surface area contributed by atoms with Crippen molar-refractivity contribution in [3.63, 3.8) is 0 Å². The number of carboxylic acid groups (broad SMARTS) is 1. The maximum Gasteiger partial charge on any atom is 0.573 e. The Hall–Kier alpha value is -2.25. The highest BCUT2D eigenvalue weighted by Gasteiger charge is 2.55. The Kier molecular flexibility index (Phi) is 4.38. The number of halogens is 3. The molecule has 136 valence electrons. The van der Waals surface area contributed by atoms with E-state index in [1.54, 1.807) is 6.07 Å². The molecule has 1 aromatic carbocycles. The highest BCUT2D eigenvalue weighted by atomic mass is 19.4. The van der Waals surface area contributed by atoms with Gasteiger partial charge in [0.05, 0.1) is 11.8 Å². The standard InChI is InChI=1S/C17H18F3NO4/c18-17(19,20)25-13-5-1-3-11(7-13)8-14(22)21-9-12-4-2-6-16(12,10-21)15(23)24/h1,3,5,7,12H,2,4,6,8-10H2,(H,23,24)/t12-,16+/m0/s1. The normalized spacial score (nSPS) is 25.7. The number of hydrogen-bond acceptors (Lipinski definition) is 3. The van der Waals surface area contributed by atoms with E-state index < -0.39 is 17.7 Å². The maximum atomic E-state index is 12.5. The smallest absolute Gasteiger partial charge is 0.481 e. The minimum atomic E-state index is -4.79. The molecule has 0 unspecified atom stereocenters. The van der Waals surface area contributed by atoms with Gasteiger partial charge in [-0.25, -0.2) is 0 Å². The van der Waals surface area contributed by atoms with Crippen molar-refractivity contribution in [2.24, 2.45) is 11.3 Å². The van der Waals surface area contributed by atoms with E-state index in [-0.39, 0.29) is 30.5 Å². The lowest BCUT2D eigenvalue weighted by molar-refractivity contribution is -0.274. The molecule has 0 radical (unpaired) electrons. The second kappa shape index (κ2) is 6.24. The Balaban J connectivity index is 1.67. The second-order valence-electron chi connectivity index (χ2n) is 6.70. The zero-order valence-corrected chi connectivity index (χ0v) is 13.4. The summed E-state index contributed by atoms with van der Waals surface area (Å²) in [6, 6.07) is 5.28. The summed E-state index contributed by atoms with van der Waals surface area (Å²) in [5.41, 5.74) is -0.468. The fourth-order valence-electron chi connectivity index (χ4n) is 3.97. The third-order valence-corrected chi connectivity index (χ3v) is 5.14. The van der Waals surface area contributed by atoms with Crippen LogP contribution >= 0.6 is 0 Å². The predicted molar refractivity (Wildman–Crippen MR) is 80.8 cm³/mol. The van der Waals surface area contributed by atoms with E-state index in [2.05, 4.69) is 4.74 Å². The number of carboxylic acids is 1. The number of rotatable bonds is 4. The fraction of sp³-hybridized carbons (Fsp3) is 0.529. The lowest BCUT2D eigenvalue weighted by atomic mass is 9.81. The first-order valence-corrected chi connectivity index (χ1v) is 8.05. The average molecular weight is 357 g/mol. The van der Waals surface area contributed by atoms with Crippen LogP contribution in [0, 0.1) is 11.3 Å². The molecular weight excluding hydrogens is 339 g/mol. The Bertz CT molecular complexity index is 691. The van der Waals surface area contributed by atoms with Crippen molar-refractivity contribution >= 4 is 11.9 Å². The summed E-state index contributed by atoms with van der Waals surface area (Å²) in [6.45, 7) is 0.564. The molecule has 0 bridgehead atoms. The lowest BCUT2D eigenvalue weighted by Crippen LogP contribution is -2.37. The number of benzene rings is 1. The number of likely N-dealkylation sites (tertiary alicyclic amines) is 1. The predicted octanol–water partition coefficient (Wildman–Crippen LogP) is 2.84. The van der Waals surface area contributed by atoms with Gasteiger partial charge in [0.25, 0.3) is 0 Å². The summed E-state index contributed by atoms with van der Waals surface area (Å²) >= 11 is 0. The molecule has 1 amide bonds. The topological polar surface area (TPSA) is 66.8 Å². The Morgan fingerprint density at radius 3 is 2.76 bits per heavy atom. The summed E-state index contributed by atoms with van der Waals surface area (Å²) in [6.07, 6.45) is -2.69. The summed E-state index contributed by atoms with van der Waals surface area (Å²) in [5, 5.41) is 9.55. The third kappa shape index (κ3) is 3.57. The van der Waals surface area contributed by atoms with E-state index in [1.807, 2.05) is 0 Å². The number of carbonyl (C=O) groups is 2. The highest BCUT2D eigenvalue weighted by Crippen LogP contribution is 2.48. The van der Waals surface area contributed by atoms with Crippen molar-refractivity contribution in [1.82, 2.24) is 4.90 Å². The molecule has 0 spiro atoms. The summed E-state index contributed by atoms with van der Waals surface area (Å²) in [4.78, 5) is 25.6. The molecular formula is C17H18F3NO4. The van der Waals surface area contributed by atoms with Gasteiger partial charge in [-0.3, -0.25) is 9.59 Å². The van der Waals surface area contributed by atoms with Gasteiger partial charge in [0.2, 0.25) is 5.91 Å². The van der Waals surface area contributed by atoms with Crippen LogP contribution < -0.4 is 4.74 Å². The van der Waals surface area contributed by atoms with Gasteiger partial charge in [0.1, 0.15) is 5.75 Å². The molecule has 1 saturated carbocycles. The van der Waals surface area contributed by atoms with Crippen molar-refractivity contribution < 1.29 is 32.6 Å². The van der Waals surface area contributed by atoms with Crippen LogP contribution in [0.25, 0.3) is 0 Å². The summed E-state index contributed by atoms with van der Waals surface area (Å²) in [5.74, 6) is -1.57. The molecule has 1 aliphatic carbocycles. The first-order chi connectivity index (χ1) is 11.7. The number of amides is 1. The number of aliphatic carboxylic acids is 1. The van der Waals surface area contributed by atoms with Crippen LogP contribution in [0.15, 0.2) is 24.3 Å². The minimum Gasteiger partial charge on any atom is -0.481 e. The van der Waals surface area contributed by atoms with Gasteiger partial charge >= 0.3 is 12.3 Å². The number of nitrogens with zero attached hydrogens (tertiary/aromatic N) is 1. The zero-order chi connectivity index (χ0) is 18.2. The van der Waals surface area contributed by atoms with E-state index in [1.165, 1.54) is 23.1 Å². The minimum absolute atomic E-state index is 0.0474. The molecule has 5 nitrogen and oxygen atoms in total. The summed E-state index contributed by atoms with van der Waals surface area (Å²) in [7, 11) is 0. The zero-order valence-electron chi connectivity index (χ0n) is 13.4. The molecule has 2 atom stereocenters. The van der Waals surface area contributed by atoms with Gasteiger partial charge in [-0.15, -0.1) is 13.2 Å². The van der Waals surface area contributed by atoms with Crippen LogP contribution in [-0.4, -0.2) is 41.3 Å². The Morgan fingerprint density at radius 1 is 1.36 bits per heavy atom. The number of fused-ring (bicyclic) bond motifs is 1. The molecule has 2 fully saturated rings. The fourth-order valence-corrected chi connectivity index (χ4v) is 3.97. The average Bonchev–Trinajstić information content (AvgIpc) is 3.03. The van der Waals surface area contributed by atoms with Crippen LogP contribution in [0.4, 0.5) is 13.2 Å². The van der Waals surface area contributed by atoms with Crippen LogP contribution in [0.1, 0.15) is 24.8 Å². The first kappa shape index (κ1) is 17.6. The number of hydrogen-bond donors (Lipinski definition) is 1. The van der Waals surface area contributed by atoms with Gasteiger partial charge < -0.3 is 14.7 Å². The van der Waals surface area contributed by atoms with Crippen molar-refractivity contribution in [2.45, 2.75) is 32.0 Å². The summed E-state index contributed by atoms with van der Waals surface area (Å²) < 4.78 is 40.7. The lowest BCUT2D eigenvalue weighted by Gasteiger charge is -2.23. The van der Waals surface area contributed by atoms with Gasteiger partial charge in [0, 0.05) is 13.1 Å². The molecule has 2 aliphatic rings. The first-order valence-electron chi connectivity index (χ1n) is 8.05. The molecule has 1 saturated heterocycles. The van der Waals surface area contributed by atoms with Crippen molar-refractivity contribution in [3.05, 3.63) is 29.8 Å². The number of alkyl halides is 3. The van der Waals surface area contributed by atoms with E-state index >= 15 is 0 Å². The number of ether oxygens (including phenoxy) is 1. The van der Waals surface area contributed by atoms with Crippen molar-refractivity contribution in [3.8, 4) is 5.75 Å². The van der Waals surface area contributed by atoms with E-state index in [0.717, 1.165) is 12.8 Å². The molecule has 0 aromatic heterocycles. The maximum absolute atomic E-state index is 12.5. The third-order valence-electron chi connectivity index (χ3n) is 5.14. The Labute approximate surface area is 142 Å². The molecule has 1 N–H and O–H groups in total. The molecule has 8 heteroatoms. The van der Waals surface area contributed by atoms with Gasteiger partial charge in [-0.05, 0) is 36.5 Å². The van der Waals surface area contributed by atoms with E-state index in [4.69, 9.17) is 0 Å². The molecule has 3 rings (SSSR count). The SMILES string of the molecule is O=C(Cc1cccc(OC(F)(F)F)c1)N1C[C@@H]2CCC[C@@]2(C(=O)O)C1. The van der Waals surface area contributed by atoms with Crippen LogP contribution in [0.5, 0.6) is 5.75 Å². The van der Waals surface area contributed by atoms with Gasteiger partial charge in [-0.1, -0.05) is 18.6 Å². The Morgan fingerprint density at radius 2 is 2.12 bits per heavy atom. The van der Waals surface area contributed by atoms with Crippen LogP contribution in [-0.2, 0) is 16.0 Å². The van der Waals surface area contributed by atoms with E-state index in [9.17, 15) is 27.9 Å². The van der Waals surface area contributed by atoms with Crippen LogP contribution in [0.2, 0.25) is 0 Å². The number of carbonyl (C=O) groups excluding carboxylic acids is 1. The molecule has 1 aromatic rings. The monoisotopic (exact) mass is 357 g/mol. The molecule has 1 aliphatic heterocycles. The second-order valence-corrected chi connectivity index (χ2v) is 6.70. The van der Waals surface area contributed by atoms with E-state index in [0.29, 0.717) is 18.5 Å². The van der Waals surface area contributed by atoms with Crippen molar-refractivity contribution in [2.75, 3.05) is 13.1 Å². The quantitative estimate of drug-likeness (QED) is 0.900. The highest BCUT2D eigenvalue weighted by molar-refractivity contribution is 5.82. The molecule has 1 heterocycles. The van der Waals surface area contributed by atoms with Gasteiger partial charge in [0.15, 0.2) is 0 Å². The van der Waals surface area contributed by atoms with Crippen molar-refractivity contribution in [1.29, 1.82) is 0 Å². The largest absolute Gasteiger partial charge is 0.573 e.